The fourth-order valence-electron chi connectivity index (χ4n) is 0.820. The molecular formula is C8H6BrN3O2S. The predicted molar refractivity (Wildman–Crippen MR) is 61.2 cm³/mol. The number of azide groups is 1. The summed E-state index contributed by atoms with van der Waals surface area (Å²) in [5.41, 5.74) is 8.21. The van der Waals surface area contributed by atoms with Crippen molar-refractivity contribution in [2.45, 2.75) is 0 Å². The number of hydrogen-bond acceptors (Lipinski definition) is 4. The minimum absolute atomic E-state index is 0.0608. The second-order valence-corrected chi connectivity index (χ2v) is 4.24. The van der Waals surface area contributed by atoms with Crippen molar-refractivity contribution in [1.82, 2.24) is 0 Å². The van der Waals surface area contributed by atoms with Gasteiger partial charge in [0.15, 0.2) is 0 Å². The van der Waals surface area contributed by atoms with Crippen LogP contribution in [0.25, 0.3) is 16.5 Å². The predicted octanol–water partition coefficient (Wildman–Crippen LogP) is 3.33. The normalized spacial score (nSPS) is 10.7. The van der Waals surface area contributed by atoms with Crippen LogP contribution in [-0.2, 0) is 9.53 Å². The molecule has 0 aromatic carbocycles. The van der Waals surface area contributed by atoms with E-state index in [1.165, 1.54) is 24.5 Å². The third-order valence-electron chi connectivity index (χ3n) is 1.41. The van der Waals surface area contributed by atoms with Gasteiger partial charge in [-0.05, 0) is 33.6 Å². The molecule has 0 amide bonds. The molecule has 0 bridgehead atoms. The minimum Gasteiger partial charge on any atom is -0.466 e. The molecule has 1 aromatic rings. The van der Waals surface area contributed by atoms with Crippen molar-refractivity contribution in [3.8, 4) is 0 Å². The molecule has 0 aliphatic heterocycles. The van der Waals surface area contributed by atoms with Crippen molar-refractivity contribution < 1.29 is 9.53 Å². The van der Waals surface area contributed by atoms with Crippen molar-refractivity contribution in [3.05, 3.63) is 36.9 Å². The van der Waals surface area contributed by atoms with E-state index in [1.807, 2.05) is 5.38 Å². The lowest BCUT2D eigenvalue weighted by Crippen LogP contribution is -2.01. The number of esters is 1. The van der Waals surface area contributed by atoms with Crippen LogP contribution < -0.4 is 0 Å². The van der Waals surface area contributed by atoms with Crippen LogP contribution >= 0.6 is 27.3 Å². The molecule has 5 nitrogen and oxygen atoms in total. The van der Waals surface area contributed by atoms with E-state index >= 15 is 0 Å². The Bertz CT molecular complexity index is 448. The molecule has 0 saturated carbocycles. The summed E-state index contributed by atoms with van der Waals surface area (Å²) in [6.07, 6.45) is 1.47. The lowest BCUT2D eigenvalue weighted by molar-refractivity contribution is -0.136. The number of ether oxygens (including phenoxy) is 1. The summed E-state index contributed by atoms with van der Waals surface area (Å²) < 4.78 is 5.37. The highest BCUT2D eigenvalue weighted by Gasteiger charge is 2.07. The third-order valence-corrected chi connectivity index (χ3v) is 3.05. The summed E-state index contributed by atoms with van der Waals surface area (Å²) in [4.78, 5) is 14.5. The fraction of sp³-hybridized carbons (Fsp3) is 0.125. The zero-order valence-electron chi connectivity index (χ0n) is 7.68. The maximum absolute atomic E-state index is 11.2. The Morgan fingerprint density at radius 2 is 2.53 bits per heavy atom. The van der Waals surface area contributed by atoms with Gasteiger partial charge < -0.3 is 4.74 Å². The van der Waals surface area contributed by atoms with Crippen LogP contribution in [-0.4, -0.2) is 13.1 Å². The van der Waals surface area contributed by atoms with E-state index in [1.54, 1.807) is 6.07 Å². The Hall–Kier alpha value is -1.30. The number of methoxy groups -OCH3 is 1. The summed E-state index contributed by atoms with van der Waals surface area (Å²) in [7, 11) is 1.23. The van der Waals surface area contributed by atoms with Gasteiger partial charge in [-0.3, -0.25) is 0 Å². The number of thiophene rings is 1. The Morgan fingerprint density at radius 1 is 1.80 bits per heavy atom. The average Bonchev–Trinajstić information content (AvgIpc) is 2.62. The second kappa shape index (κ2) is 5.55. The second-order valence-electron chi connectivity index (χ2n) is 2.38. The Balaban J connectivity index is 3.03. The maximum atomic E-state index is 11.2. The van der Waals surface area contributed by atoms with E-state index in [9.17, 15) is 4.79 Å². The topological polar surface area (TPSA) is 75.1 Å². The molecule has 15 heavy (non-hydrogen) atoms. The van der Waals surface area contributed by atoms with Gasteiger partial charge in [0, 0.05) is 19.6 Å². The van der Waals surface area contributed by atoms with Crippen molar-refractivity contribution in [3.63, 3.8) is 0 Å². The number of hydrogen-bond donors (Lipinski definition) is 0. The SMILES string of the molecule is COC(=O)/C(=C/c1cc(Br)cs1)N=[N+]=[N-]. The van der Waals surface area contributed by atoms with Crippen LogP contribution in [0.4, 0.5) is 0 Å². The van der Waals surface area contributed by atoms with Gasteiger partial charge in [-0.25, -0.2) is 4.79 Å². The summed E-state index contributed by atoms with van der Waals surface area (Å²) in [6, 6.07) is 1.81. The highest BCUT2D eigenvalue weighted by molar-refractivity contribution is 9.10. The molecule has 0 aliphatic carbocycles. The maximum Gasteiger partial charge on any atom is 0.340 e. The highest BCUT2D eigenvalue weighted by atomic mass is 79.9. The van der Waals surface area contributed by atoms with E-state index in [4.69, 9.17) is 5.53 Å². The quantitative estimate of drug-likeness (QED) is 0.281. The first kappa shape index (κ1) is 11.8. The van der Waals surface area contributed by atoms with E-state index in [2.05, 4.69) is 30.7 Å². The molecule has 0 N–H and O–H groups in total. The van der Waals surface area contributed by atoms with Crippen LogP contribution in [0.15, 0.2) is 26.7 Å². The monoisotopic (exact) mass is 287 g/mol. The van der Waals surface area contributed by atoms with Gasteiger partial charge in [0.1, 0.15) is 5.70 Å². The number of carbonyl (C=O) groups is 1. The zero-order chi connectivity index (χ0) is 11.3. The molecule has 0 spiro atoms. The Morgan fingerprint density at radius 3 is 3.00 bits per heavy atom. The molecule has 1 heterocycles. The van der Waals surface area contributed by atoms with Gasteiger partial charge >= 0.3 is 5.97 Å². The van der Waals surface area contributed by atoms with Gasteiger partial charge in [0.25, 0.3) is 0 Å². The van der Waals surface area contributed by atoms with Crippen LogP contribution in [0.2, 0.25) is 0 Å². The first-order valence-corrected chi connectivity index (χ1v) is 5.43. The van der Waals surface area contributed by atoms with Gasteiger partial charge in [-0.15, -0.1) is 11.3 Å². The molecule has 7 heteroatoms. The molecular weight excluding hydrogens is 282 g/mol. The zero-order valence-corrected chi connectivity index (χ0v) is 10.1. The summed E-state index contributed by atoms with van der Waals surface area (Å²) in [5.74, 6) is -0.655. The van der Waals surface area contributed by atoms with E-state index in [0.717, 1.165) is 9.35 Å². The van der Waals surface area contributed by atoms with Crippen molar-refractivity contribution in [2.24, 2.45) is 5.11 Å². The van der Waals surface area contributed by atoms with Gasteiger partial charge in [-0.1, -0.05) is 5.11 Å². The van der Waals surface area contributed by atoms with Crippen molar-refractivity contribution in [1.29, 1.82) is 0 Å². The molecule has 1 aromatic heterocycles. The van der Waals surface area contributed by atoms with Gasteiger partial charge in [0.2, 0.25) is 0 Å². The number of rotatable bonds is 3. The van der Waals surface area contributed by atoms with E-state index in [-0.39, 0.29) is 5.70 Å². The third kappa shape index (κ3) is 3.39. The van der Waals surface area contributed by atoms with Crippen molar-refractivity contribution >= 4 is 39.3 Å². The van der Waals surface area contributed by atoms with Crippen LogP contribution in [0.1, 0.15) is 4.88 Å². The lowest BCUT2D eigenvalue weighted by Gasteiger charge is -1.96. The van der Waals surface area contributed by atoms with Crippen LogP contribution in [0, 0.1) is 0 Å². The van der Waals surface area contributed by atoms with Gasteiger partial charge in [-0.2, -0.15) is 0 Å². The molecule has 1 rings (SSSR count). The number of halogens is 1. The summed E-state index contributed by atoms with van der Waals surface area (Å²) in [6.45, 7) is 0. The first-order valence-electron chi connectivity index (χ1n) is 3.76. The Kier molecular flexibility index (Phi) is 4.36. The highest BCUT2D eigenvalue weighted by Crippen LogP contribution is 2.22. The van der Waals surface area contributed by atoms with Crippen molar-refractivity contribution in [2.75, 3.05) is 7.11 Å². The number of carbonyl (C=O) groups excluding carboxylic acids is 1. The molecule has 0 atom stereocenters. The standard InChI is InChI=1S/C8H6BrN3O2S/c1-14-8(13)7(11-12-10)3-6-2-5(9)4-15-6/h2-4H,1H3/b7-3-. The first-order chi connectivity index (χ1) is 7.17. The smallest absolute Gasteiger partial charge is 0.340 e. The summed E-state index contributed by atoms with van der Waals surface area (Å²) >= 11 is 4.69. The average molecular weight is 288 g/mol. The minimum atomic E-state index is -0.655. The molecule has 0 fully saturated rings. The molecule has 78 valence electrons. The Labute approximate surface area is 98.1 Å². The van der Waals surface area contributed by atoms with Crippen LogP contribution in [0.3, 0.4) is 0 Å². The fourth-order valence-corrected chi connectivity index (χ4v) is 2.19. The van der Waals surface area contributed by atoms with E-state index < -0.39 is 5.97 Å². The van der Waals surface area contributed by atoms with E-state index in [0.29, 0.717) is 0 Å². The molecule has 0 aliphatic rings. The molecule has 0 unspecified atom stereocenters. The van der Waals surface area contributed by atoms with Gasteiger partial charge in [0.05, 0.1) is 7.11 Å². The lowest BCUT2D eigenvalue weighted by atomic mass is 10.3. The summed E-state index contributed by atoms with van der Waals surface area (Å²) in [5, 5.41) is 5.12. The van der Waals surface area contributed by atoms with Crippen LogP contribution in [0.5, 0.6) is 0 Å². The molecule has 0 saturated heterocycles. The molecule has 0 radical (unpaired) electrons. The largest absolute Gasteiger partial charge is 0.466 e. The number of nitrogens with zero attached hydrogens (tertiary/aromatic N) is 3.